The first kappa shape index (κ1) is 18.9. The number of nitrogens with zero attached hydrogens (tertiary/aromatic N) is 4. The normalized spacial score (nSPS) is 11.1. The number of pyridine rings is 2. The summed E-state index contributed by atoms with van der Waals surface area (Å²) in [6.45, 7) is 0.449. The Bertz CT molecular complexity index is 1460. The molecule has 6 nitrogen and oxygen atoms in total. The minimum Gasteiger partial charge on any atom is -0.495 e. The van der Waals surface area contributed by atoms with Crippen molar-refractivity contribution in [3.63, 3.8) is 0 Å². The fourth-order valence-corrected chi connectivity index (χ4v) is 3.78. The maximum Gasteiger partial charge on any atom is 0.275 e. The summed E-state index contributed by atoms with van der Waals surface area (Å²) in [6, 6.07) is 19.7. The molecule has 5 aromatic rings. The van der Waals surface area contributed by atoms with Gasteiger partial charge in [-0.2, -0.15) is 5.10 Å². The van der Waals surface area contributed by atoms with Crippen LogP contribution in [-0.2, 0) is 13.0 Å². The number of hydrogen-bond acceptors (Lipinski definition) is 5. The van der Waals surface area contributed by atoms with E-state index in [1.807, 2.05) is 54.6 Å². The molecule has 2 aromatic carbocycles. The van der Waals surface area contributed by atoms with E-state index >= 15 is 0 Å². The van der Waals surface area contributed by atoms with Gasteiger partial charge in [0.1, 0.15) is 5.75 Å². The third kappa shape index (κ3) is 3.64. The Balaban J connectivity index is 1.52. The van der Waals surface area contributed by atoms with E-state index in [1.165, 1.54) is 4.68 Å². The van der Waals surface area contributed by atoms with Gasteiger partial charge in [0.2, 0.25) is 0 Å². The van der Waals surface area contributed by atoms with Gasteiger partial charge < -0.3 is 4.74 Å². The van der Waals surface area contributed by atoms with Gasteiger partial charge in [0.25, 0.3) is 5.56 Å². The van der Waals surface area contributed by atoms with Crippen LogP contribution >= 0.6 is 0 Å². The molecule has 152 valence electrons. The highest BCUT2D eigenvalue weighted by molar-refractivity contribution is 5.95. The van der Waals surface area contributed by atoms with Crippen LogP contribution in [0.1, 0.15) is 5.69 Å². The molecule has 0 saturated heterocycles. The number of benzene rings is 2. The molecule has 5 rings (SSSR count). The molecular weight excluding hydrogens is 388 g/mol. The molecule has 0 unspecified atom stereocenters. The standard InChI is InChI=1S/C25H20N4O2/c1-31-21-13-19(14-26-16-21)22-7-4-6-18-15-27-29(25(30)24(18)22)12-11-20-10-9-17-5-2-3-8-23(17)28-20/h2-10,13-16H,11-12H2,1H3. The molecule has 0 radical (unpaired) electrons. The van der Waals surface area contributed by atoms with Gasteiger partial charge in [-0.15, -0.1) is 0 Å². The topological polar surface area (TPSA) is 69.9 Å². The number of rotatable bonds is 5. The molecule has 0 bridgehead atoms. The van der Waals surface area contributed by atoms with Crippen molar-refractivity contribution < 1.29 is 4.74 Å². The second kappa shape index (κ2) is 7.99. The molecular formula is C25H20N4O2. The molecule has 0 amide bonds. The fraction of sp³-hybridized carbons (Fsp3) is 0.120. The number of aryl methyl sites for hydroxylation is 2. The van der Waals surface area contributed by atoms with Gasteiger partial charge in [0.05, 0.1) is 37.0 Å². The van der Waals surface area contributed by atoms with Crippen LogP contribution in [-0.4, -0.2) is 26.9 Å². The molecule has 3 heterocycles. The summed E-state index contributed by atoms with van der Waals surface area (Å²) in [5.74, 6) is 0.645. The summed E-state index contributed by atoms with van der Waals surface area (Å²) in [6.07, 6.45) is 5.74. The lowest BCUT2D eigenvalue weighted by molar-refractivity contribution is 0.413. The van der Waals surface area contributed by atoms with Crippen LogP contribution in [0.15, 0.2) is 84.0 Å². The van der Waals surface area contributed by atoms with E-state index in [-0.39, 0.29) is 5.56 Å². The number of ether oxygens (including phenoxy) is 1. The number of fused-ring (bicyclic) bond motifs is 2. The van der Waals surface area contributed by atoms with Crippen molar-refractivity contribution in [3.05, 3.63) is 95.3 Å². The zero-order valence-electron chi connectivity index (χ0n) is 17.0. The number of methoxy groups -OCH3 is 1. The summed E-state index contributed by atoms with van der Waals surface area (Å²) in [7, 11) is 1.60. The lowest BCUT2D eigenvalue weighted by Crippen LogP contribution is -2.24. The van der Waals surface area contributed by atoms with Gasteiger partial charge in [-0.25, -0.2) is 4.68 Å². The van der Waals surface area contributed by atoms with Crippen LogP contribution in [0.25, 0.3) is 32.8 Å². The zero-order chi connectivity index (χ0) is 21.2. The first-order valence-electron chi connectivity index (χ1n) is 10.1. The third-order valence-electron chi connectivity index (χ3n) is 5.38. The average molecular weight is 408 g/mol. The molecule has 0 aliphatic rings. The van der Waals surface area contributed by atoms with Crippen molar-refractivity contribution in [2.75, 3.05) is 7.11 Å². The molecule has 6 heteroatoms. The van der Waals surface area contributed by atoms with E-state index in [0.29, 0.717) is 24.1 Å². The van der Waals surface area contributed by atoms with E-state index in [9.17, 15) is 4.79 Å². The smallest absolute Gasteiger partial charge is 0.275 e. The van der Waals surface area contributed by atoms with E-state index in [4.69, 9.17) is 9.72 Å². The van der Waals surface area contributed by atoms with Gasteiger partial charge in [-0.05, 0) is 23.8 Å². The lowest BCUT2D eigenvalue weighted by Gasteiger charge is -2.10. The summed E-state index contributed by atoms with van der Waals surface area (Å²) in [5.41, 5.74) is 3.39. The first-order chi connectivity index (χ1) is 15.2. The first-order valence-corrected chi connectivity index (χ1v) is 10.1. The van der Waals surface area contributed by atoms with Crippen LogP contribution in [0.4, 0.5) is 0 Å². The van der Waals surface area contributed by atoms with Gasteiger partial charge in [-0.3, -0.25) is 14.8 Å². The Kier molecular flexibility index (Phi) is 4.88. The Morgan fingerprint density at radius 3 is 2.71 bits per heavy atom. The van der Waals surface area contributed by atoms with E-state index in [2.05, 4.69) is 16.1 Å². The highest BCUT2D eigenvalue weighted by Gasteiger charge is 2.12. The van der Waals surface area contributed by atoms with Crippen LogP contribution in [0.3, 0.4) is 0 Å². The number of aromatic nitrogens is 4. The summed E-state index contributed by atoms with van der Waals surface area (Å²) < 4.78 is 6.81. The molecule has 0 saturated carbocycles. The Morgan fingerprint density at radius 1 is 0.935 bits per heavy atom. The minimum atomic E-state index is -0.128. The molecule has 0 fully saturated rings. The van der Waals surface area contributed by atoms with Gasteiger partial charge >= 0.3 is 0 Å². The van der Waals surface area contributed by atoms with E-state index in [0.717, 1.165) is 33.1 Å². The van der Waals surface area contributed by atoms with Crippen molar-refractivity contribution in [3.8, 4) is 16.9 Å². The molecule has 0 N–H and O–H groups in total. The van der Waals surface area contributed by atoms with Crippen LogP contribution < -0.4 is 10.3 Å². The average Bonchev–Trinajstić information content (AvgIpc) is 2.83. The SMILES string of the molecule is COc1cncc(-c2cccc3cnn(CCc4ccc5ccccc5n4)c(=O)c23)c1. The number of para-hydroxylation sites is 1. The highest BCUT2D eigenvalue weighted by atomic mass is 16.5. The quantitative estimate of drug-likeness (QED) is 0.435. The Morgan fingerprint density at radius 2 is 1.81 bits per heavy atom. The Hall–Kier alpha value is -4.06. The molecule has 31 heavy (non-hydrogen) atoms. The minimum absolute atomic E-state index is 0.128. The van der Waals surface area contributed by atoms with Gasteiger partial charge in [-0.1, -0.05) is 42.5 Å². The molecule has 0 aliphatic carbocycles. The maximum absolute atomic E-state index is 13.3. The van der Waals surface area contributed by atoms with Crippen molar-refractivity contribution in [1.82, 2.24) is 19.7 Å². The second-order valence-electron chi connectivity index (χ2n) is 7.30. The van der Waals surface area contributed by atoms with Crippen LogP contribution in [0.5, 0.6) is 5.75 Å². The van der Waals surface area contributed by atoms with Gasteiger partial charge in [0, 0.05) is 34.6 Å². The van der Waals surface area contributed by atoms with Crippen molar-refractivity contribution in [2.24, 2.45) is 0 Å². The molecule has 0 aliphatic heterocycles. The monoisotopic (exact) mass is 408 g/mol. The van der Waals surface area contributed by atoms with Crippen molar-refractivity contribution in [1.29, 1.82) is 0 Å². The largest absolute Gasteiger partial charge is 0.495 e. The summed E-state index contributed by atoms with van der Waals surface area (Å²) in [5, 5.41) is 6.91. The third-order valence-corrected chi connectivity index (χ3v) is 5.38. The predicted molar refractivity (Wildman–Crippen MR) is 121 cm³/mol. The van der Waals surface area contributed by atoms with Gasteiger partial charge in [0.15, 0.2) is 0 Å². The van der Waals surface area contributed by atoms with Crippen molar-refractivity contribution in [2.45, 2.75) is 13.0 Å². The van der Waals surface area contributed by atoms with Crippen LogP contribution in [0.2, 0.25) is 0 Å². The molecule has 0 spiro atoms. The van der Waals surface area contributed by atoms with E-state index < -0.39 is 0 Å². The molecule has 3 aromatic heterocycles. The Labute approximate surface area is 178 Å². The summed E-state index contributed by atoms with van der Waals surface area (Å²) >= 11 is 0. The van der Waals surface area contributed by atoms with Crippen molar-refractivity contribution >= 4 is 21.7 Å². The lowest BCUT2D eigenvalue weighted by atomic mass is 10.0. The zero-order valence-corrected chi connectivity index (χ0v) is 17.0. The molecule has 0 atom stereocenters. The second-order valence-corrected chi connectivity index (χ2v) is 7.30. The summed E-state index contributed by atoms with van der Waals surface area (Å²) in [4.78, 5) is 22.3. The fourth-order valence-electron chi connectivity index (χ4n) is 3.78. The maximum atomic E-state index is 13.3. The highest BCUT2D eigenvalue weighted by Crippen LogP contribution is 2.27. The van der Waals surface area contributed by atoms with Crippen LogP contribution in [0, 0.1) is 0 Å². The predicted octanol–water partition coefficient (Wildman–Crippen LogP) is 4.26. The van der Waals surface area contributed by atoms with E-state index in [1.54, 1.807) is 25.7 Å². The number of hydrogen-bond donors (Lipinski definition) is 0.